The van der Waals surface area contributed by atoms with E-state index in [0.29, 0.717) is 6.04 Å². The maximum atomic E-state index is 9.10. The first-order valence-corrected chi connectivity index (χ1v) is 9.35. The standard InChI is InChI=1S/C16H27N3O.C2H2O4/c1-14-13-16(20-12-11-18-9-5-6-10-18)17-19(14)15-7-3-2-4-8-15;3-1(4)2(5)6/h13,15H,2-12H2,1H3;(H,3,4)(H,5,6). The van der Waals surface area contributed by atoms with Crippen molar-refractivity contribution in [2.75, 3.05) is 26.2 Å². The van der Waals surface area contributed by atoms with Crippen molar-refractivity contribution >= 4 is 11.9 Å². The van der Waals surface area contributed by atoms with Crippen molar-refractivity contribution in [1.29, 1.82) is 0 Å². The first-order valence-electron chi connectivity index (χ1n) is 9.35. The zero-order chi connectivity index (χ0) is 18.9. The predicted octanol–water partition coefficient (Wildman–Crippen LogP) is 2.33. The van der Waals surface area contributed by atoms with E-state index in [1.54, 1.807) is 0 Å². The lowest BCUT2D eigenvalue weighted by Gasteiger charge is -2.23. The van der Waals surface area contributed by atoms with Crippen LogP contribution in [0.25, 0.3) is 0 Å². The van der Waals surface area contributed by atoms with E-state index < -0.39 is 11.9 Å². The van der Waals surface area contributed by atoms with E-state index in [1.807, 2.05) is 0 Å². The molecular formula is C18H29N3O5. The number of likely N-dealkylation sites (tertiary alicyclic amines) is 1. The van der Waals surface area contributed by atoms with Crippen LogP contribution in [0.4, 0.5) is 0 Å². The zero-order valence-electron chi connectivity index (χ0n) is 15.4. The Hall–Kier alpha value is -2.09. The number of hydrogen-bond acceptors (Lipinski definition) is 5. The third-order valence-corrected chi connectivity index (χ3v) is 4.86. The Morgan fingerprint density at radius 2 is 1.73 bits per heavy atom. The van der Waals surface area contributed by atoms with Gasteiger partial charge in [0.2, 0.25) is 5.88 Å². The zero-order valence-corrected chi connectivity index (χ0v) is 15.4. The van der Waals surface area contributed by atoms with Gasteiger partial charge in [0.05, 0.1) is 6.04 Å². The Morgan fingerprint density at radius 1 is 1.12 bits per heavy atom. The molecule has 2 heterocycles. The molecule has 2 N–H and O–H groups in total. The van der Waals surface area contributed by atoms with Crippen LogP contribution in [0.3, 0.4) is 0 Å². The molecule has 1 aliphatic heterocycles. The van der Waals surface area contributed by atoms with Gasteiger partial charge in [-0.25, -0.2) is 9.59 Å². The lowest BCUT2D eigenvalue weighted by Crippen LogP contribution is -2.25. The van der Waals surface area contributed by atoms with Gasteiger partial charge in [-0.05, 0) is 45.7 Å². The molecule has 8 heteroatoms. The normalized spacial score (nSPS) is 18.2. The molecule has 146 valence electrons. The molecule has 1 saturated heterocycles. The monoisotopic (exact) mass is 367 g/mol. The average molecular weight is 367 g/mol. The number of aliphatic carboxylic acids is 2. The molecule has 8 nitrogen and oxygen atoms in total. The largest absolute Gasteiger partial charge is 0.475 e. The first-order chi connectivity index (χ1) is 12.5. The Morgan fingerprint density at radius 3 is 2.31 bits per heavy atom. The van der Waals surface area contributed by atoms with Gasteiger partial charge in [-0.2, -0.15) is 0 Å². The maximum absolute atomic E-state index is 9.10. The van der Waals surface area contributed by atoms with E-state index in [-0.39, 0.29) is 0 Å². The molecule has 0 radical (unpaired) electrons. The number of hydrogen-bond donors (Lipinski definition) is 2. The van der Waals surface area contributed by atoms with Gasteiger partial charge in [0.25, 0.3) is 0 Å². The van der Waals surface area contributed by atoms with Crippen molar-refractivity contribution < 1.29 is 24.5 Å². The number of nitrogens with zero attached hydrogens (tertiary/aromatic N) is 3. The number of carbonyl (C=O) groups is 2. The topological polar surface area (TPSA) is 105 Å². The minimum absolute atomic E-state index is 0.597. The summed E-state index contributed by atoms with van der Waals surface area (Å²) < 4.78 is 8.05. The quantitative estimate of drug-likeness (QED) is 0.770. The second kappa shape index (κ2) is 10.2. The second-order valence-corrected chi connectivity index (χ2v) is 6.87. The number of ether oxygens (including phenoxy) is 1. The molecule has 0 spiro atoms. The van der Waals surface area contributed by atoms with Gasteiger partial charge >= 0.3 is 11.9 Å². The van der Waals surface area contributed by atoms with Crippen LogP contribution >= 0.6 is 0 Å². The molecular weight excluding hydrogens is 338 g/mol. The summed E-state index contributed by atoms with van der Waals surface area (Å²) in [7, 11) is 0. The van der Waals surface area contributed by atoms with Gasteiger partial charge in [0, 0.05) is 18.3 Å². The predicted molar refractivity (Wildman–Crippen MR) is 95.5 cm³/mol. The highest BCUT2D eigenvalue weighted by atomic mass is 16.5. The average Bonchev–Trinajstić information content (AvgIpc) is 3.26. The smallest absolute Gasteiger partial charge is 0.414 e. The van der Waals surface area contributed by atoms with E-state index in [1.165, 1.54) is 63.7 Å². The molecule has 26 heavy (non-hydrogen) atoms. The number of aryl methyl sites for hydroxylation is 1. The summed E-state index contributed by atoms with van der Waals surface area (Å²) in [6.45, 7) is 6.42. The van der Waals surface area contributed by atoms with Crippen LogP contribution < -0.4 is 4.74 Å². The lowest BCUT2D eigenvalue weighted by atomic mass is 9.95. The molecule has 3 rings (SSSR count). The van der Waals surface area contributed by atoms with E-state index in [2.05, 4.69) is 27.7 Å². The maximum Gasteiger partial charge on any atom is 0.414 e. The molecule has 2 aliphatic rings. The van der Waals surface area contributed by atoms with Gasteiger partial charge in [0.1, 0.15) is 6.61 Å². The Kier molecular flexibility index (Phi) is 7.90. The third-order valence-electron chi connectivity index (χ3n) is 4.86. The highest BCUT2D eigenvalue weighted by Gasteiger charge is 2.19. The highest BCUT2D eigenvalue weighted by molar-refractivity contribution is 6.27. The van der Waals surface area contributed by atoms with Crippen molar-refractivity contribution in [2.45, 2.75) is 57.9 Å². The van der Waals surface area contributed by atoms with Crippen LogP contribution in [0.15, 0.2) is 6.07 Å². The summed E-state index contributed by atoms with van der Waals surface area (Å²) in [5, 5.41) is 19.5. The van der Waals surface area contributed by atoms with Crippen molar-refractivity contribution in [3.63, 3.8) is 0 Å². The van der Waals surface area contributed by atoms with Gasteiger partial charge in [-0.15, -0.1) is 5.10 Å². The van der Waals surface area contributed by atoms with Crippen molar-refractivity contribution in [3.8, 4) is 5.88 Å². The van der Waals surface area contributed by atoms with Crippen LogP contribution in [-0.2, 0) is 9.59 Å². The van der Waals surface area contributed by atoms with Gasteiger partial charge in [0.15, 0.2) is 0 Å². The minimum atomic E-state index is -1.82. The van der Waals surface area contributed by atoms with Crippen LogP contribution in [0.2, 0.25) is 0 Å². The third kappa shape index (κ3) is 6.33. The molecule has 1 aromatic rings. The first kappa shape index (κ1) is 20.2. The van der Waals surface area contributed by atoms with Crippen LogP contribution in [-0.4, -0.2) is 63.1 Å². The fraction of sp³-hybridized carbons (Fsp3) is 0.722. The molecule has 0 unspecified atom stereocenters. The summed E-state index contributed by atoms with van der Waals surface area (Å²) in [5.41, 5.74) is 1.24. The molecule has 2 fully saturated rings. The molecule has 0 bridgehead atoms. The molecule has 0 amide bonds. The number of rotatable bonds is 5. The van der Waals surface area contributed by atoms with Crippen molar-refractivity contribution in [3.05, 3.63) is 11.8 Å². The summed E-state index contributed by atoms with van der Waals surface area (Å²) in [6, 6.07) is 2.69. The SMILES string of the molecule is Cc1cc(OCCN2CCCC2)nn1C1CCCCC1.O=C(O)C(=O)O. The summed E-state index contributed by atoms with van der Waals surface area (Å²) in [5.74, 6) is -2.84. The van der Waals surface area contributed by atoms with Crippen molar-refractivity contribution in [1.82, 2.24) is 14.7 Å². The van der Waals surface area contributed by atoms with E-state index in [9.17, 15) is 0 Å². The van der Waals surface area contributed by atoms with E-state index in [4.69, 9.17) is 24.5 Å². The Labute approximate surface area is 153 Å². The molecule has 1 aliphatic carbocycles. The molecule has 0 aromatic carbocycles. The fourth-order valence-electron chi connectivity index (χ4n) is 3.51. The number of aromatic nitrogens is 2. The highest BCUT2D eigenvalue weighted by Crippen LogP contribution is 2.29. The molecule has 1 aromatic heterocycles. The Bertz CT molecular complexity index is 578. The van der Waals surface area contributed by atoms with E-state index in [0.717, 1.165) is 19.0 Å². The summed E-state index contributed by atoms with van der Waals surface area (Å²) in [6.07, 6.45) is 9.30. The summed E-state index contributed by atoms with van der Waals surface area (Å²) in [4.78, 5) is 20.7. The van der Waals surface area contributed by atoms with Crippen molar-refractivity contribution in [2.24, 2.45) is 0 Å². The van der Waals surface area contributed by atoms with Crippen LogP contribution in [0.1, 0.15) is 56.7 Å². The van der Waals surface area contributed by atoms with Gasteiger partial charge < -0.3 is 14.9 Å². The Balaban J connectivity index is 0.000000352. The summed E-state index contributed by atoms with van der Waals surface area (Å²) >= 11 is 0. The number of carboxylic acid groups (broad SMARTS) is 2. The number of carboxylic acids is 2. The van der Waals surface area contributed by atoms with Gasteiger partial charge in [-0.3, -0.25) is 9.58 Å². The molecule has 1 saturated carbocycles. The van der Waals surface area contributed by atoms with Crippen LogP contribution in [0, 0.1) is 6.92 Å². The second-order valence-electron chi connectivity index (χ2n) is 6.87. The molecule has 0 atom stereocenters. The minimum Gasteiger partial charge on any atom is -0.475 e. The van der Waals surface area contributed by atoms with E-state index >= 15 is 0 Å². The van der Waals surface area contributed by atoms with Crippen LogP contribution in [0.5, 0.6) is 5.88 Å². The fourth-order valence-corrected chi connectivity index (χ4v) is 3.51. The lowest BCUT2D eigenvalue weighted by molar-refractivity contribution is -0.159. The van der Waals surface area contributed by atoms with Gasteiger partial charge in [-0.1, -0.05) is 19.3 Å².